The van der Waals surface area contributed by atoms with Gasteiger partial charge in [-0.15, -0.1) is 0 Å². The highest BCUT2D eigenvalue weighted by Crippen LogP contribution is 2.19. The predicted molar refractivity (Wildman–Crippen MR) is 120 cm³/mol. The molecule has 0 bridgehead atoms. The molecule has 2 N–H and O–H groups in total. The van der Waals surface area contributed by atoms with Gasteiger partial charge in [-0.25, -0.2) is 0 Å². The predicted octanol–water partition coefficient (Wildman–Crippen LogP) is 3.38. The van der Waals surface area contributed by atoms with Gasteiger partial charge in [0.25, 0.3) is 5.91 Å². The number of hydrogen-bond donors (Lipinski definition) is 2. The van der Waals surface area contributed by atoms with Crippen molar-refractivity contribution in [2.45, 2.75) is 31.8 Å². The lowest BCUT2D eigenvalue weighted by Crippen LogP contribution is -2.46. The summed E-state index contributed by atoms with van der Waals surface area (Å²) in [7, 11) is 0. The second-order valence-electron chi connectivity index (χ2n) is 7.76. The summed E-state index contributed by atoms with van der Waals surface area (Å²) < 4.78 is 5.10. The largest absolute Gasteiger partial charge is 0.459 e. The minimum Gasteiger partial charge on any atom is -0.459 e. The number of nitrogens with one attached hydrogen (secondary N) is 2. The molecule has 1 aromatic heterocycles. The second kappa shape index (κ2) is 9.96. The number of benzene rings is 2. The summed E-state index contributed by atoms with van der Waals surface area (Å²) in [5.74, 6) is -0.301. The normalized spacial score (nSPS) is 15.4. The molecule has 1 fully saturated rings. The molecule has 1 saturated heterocycles. The summed E-state index contributed by atoms with van der Waals surface area (Å²) >= 11 is 0. The van der Waals surface area contributed by atoms with Crippen LogP contribution in [0.25, 0.3) is 0 Å². The number of rotatable bonds is 7. The molecule has 3 aromatic rings. The Morgan fingerprint density at radius 2 is 1.78 bits per heavy atom. The van der Waals surface area contributed by atoms with E-state index < -0.39 is 6.04 Å². The Labute approximate surface area is 186 Å². The maximum Gasteiger partial charge on any atom is 0.291 e. The fourth-order valence-electron chi connectivity index (χ4n) is 3.88. The van der Waals surface area contributed by atoms with Gasteiger partial charge in [0.1, 0.15) is 6.04 Å². The Morgan fingerprint density at radius 3 is 2.56 bits per heavy atom. The van der Waals surface area contributed by atoms with E-state index in [4.69, 9.17) is 4.42 Å². The molecule has 1 unspecified atom stereocenters. The SMILES string of the molecule is O=C(Nc1cccc(CNC(=O)C2CCCN2C(=O)Cc2ccccc2)c1)c1ccco1. The van der Waals surface area contributed by atoms with E-state index in [1.54, 1.807) is 29.2 Å². The first-order chi connectivity index (χ1) is 15.6. The Hall–Kier alpha value is -3.87. The highest BCUT2D eigenvalue weighted by atomic mass is 16.3. The second-order valence-corrected chi connectivity index (χ2v) is 7.76. The molecule has 0 aliphatic carbocycles. The molecule has 7 nitrogen and oxygen atoms in total. The maximum absolute atomic E-state index is 12.8. The Balaban J connectivity index is 1.33. The molecule has 0 radical (unpaired) electrons. The fourth-order valence-corrected chi connectivity index (χ4v) is 3.88. The number of furan rings is 1. The number of hydrogen-bond acceptors (Lipinski definition) is 4. The number of likely N-dealkylation sites (tertiary alicyclic amines) is 1. The van der Waals surface area contributed by atoms with E-state index in [9.17, 15) is 14.4 Å². The van der Waals surface area contributed by atoms with Crippen molar-refractivity contribution in [2.75, 3.05) is 11.9 Å². The van der Waals surface area contributed by atoms with Gasteiger partial charge in [0.05, 0.1) is 12.7 Å². The molecule has 2 aromatic carbocycles. The zero-order chi connectivity index (χ0) is 22.3. The molecule has 0 saturated carbocycles. The van der Waals surface area contributed by atoms with Gasteiger partial charge < -0.3 is 20.0 Å². The van der Waals surface area contributed by atoms with Gasteiger partial charge in [0.15, 0.2) is 5.76 Å². The van der Waals surface area contributed by atoms with Crippen molar-refractivity contribution in [2.24, 2.45) is 0 Å². The van der Waals surface area contributed by atoms with Crippen molar-refractivity contribution < 1.29 is 18.8 Å². The van der Waals surface area contributed by atoms with E-state index in [2.05, 4.69) is 10.6 Å². The molecule has 1 aliphatic rings. The molecule has 3 amide bonds. The standard InChI is InChI=1S/C25H25N3O4/c29-23(16-18-7-2-1-3-8-18)28-13-5-11-21(28)24(30)26-17-19-9-4-10-20(15-19)27-25(31)22-12-6-14-32-22/h1-4,6-10,12,14-15,21H,5,11,13,16-17H2,(H,26,30)(H,27,31). The molecule has 2 heterocycles. The van der Waals surface area contributed by atoms with Crippen molar-refractivity contribution in [3.05, 3.63) is 89.9 Å². The number of nitrogens with zero attached hydrogens (tertiary/aromatic N) is 1. The van der Waals surface area contributed by atoms with Crippen LogP contribution in [0.3, 0.4) is 0 Å². The smallest absolute Gasteiger partial charge is 0.291 e. The van der Waals surface area contributed by atoms with E-state index in [1.807, 2.05) is 42.5 Å². The van der Waals surface area contributed by atoms with Crippen LogP contribution in [0, 0.1) is 0 Å². The first-order valence-corrected chi connectivity index (χ1v) is 10.6. The molecular formula is C25H25N3O4. The lowest BCUT2D eigenvalue weighted by Gasteiger charge is -2.24. The fraction of sp³-hybridized carbons (Fsp3) is 0.240. The molecule has 1 atom stereocenters. The average Bonchev–Trinajstić information content (AvgIpc) is 3.51. The van der Waals surface area contributed by atoms with Crippen LogP contribution in [-0.4, -0.2) is 35.2 Å². The lowest BCUT2D eigenvalue weighted by atomic mass is 10.1. The number of carbonyl (C=O) groups excluding carboxylic acids is 3. The highest BCUT2D eigenvalue weighted by molar-refractivity contribution is 6.02. The summed E-state index contributed by atoms with van der Waals surface area (Å²) in [5.41, 5.74) is 2.39. The summed E-state index contributed by atoms with van der Waals surface area (Å²) in [6.07, 6.45) is 3.21. The first kappa shape index (κ1) is 21.4. The molecule has 7 heteroatoms. The lowest BCUT2D eigenvalue weighted by molar-refractivity contribution is -0.138. The van der Waals surface area contributed by atoms with Crippen molar-refractivity contribution in [1.29, 1.82) is 0 Å². The topological polar surface area (TPSA) is 91.7 Å². The average molecular weight is 431 g/mol. The van der Waals surface area contributed by atoms with E-state index in [-0.39, 0.29) is 23.5 Å². The van der Waals surface area contributed by atoms with Gasteiger partial charge in [-0.1, -0.05) is 42.5 Å². The van der Waals surface area contributed by atoms with Crippen LogP contribution in [-0.2, 0) is 22.6 Å². The molecule has 164 valence electrons. The van der Waals surface area contributed by atoms with Gasteiger partial charge in [-0.05, 0) is 48.2 Å². The van der Waals surface area contributed by atoms with Crippen LogP contribution in [0.4, 0.5) is 5.69 Å². The summed E-state index contributed by atoms with van der Waals surface area (Å²) in [6, 6.07) is 19.6. The first-order valence-electron chi connectivity index (χ1n) is 10.6. The van der Waals surface area contributed by atoms with E-state index >= 15 is 0 Å². The van der Waals surface area contributed by atoms with Crippen LogP contribution in [0.15, 0.2) is 77.4 Å². The quantitative estimate of drug-likeness (QED) is 0.600. The Bertz CT molecular complexity index is 1080. The van der Waals surface area contributed by atoms with Crippen molar-refractivity contribution in [3.63, 3.8) is 0 Å². The number of amides is 3. The summed E-state index contributed by atoms with van der Waals surface area (Å²) in [6.45, 7) is 0.901. The van der Waals surface area contributed by atoms with E-state index in [1.165, 1.54) is 6.26 Å². The minimum absolute atomic E-state index is 0.0310. The summed E-state index contributed by atoms with van der Waals surface area (Å²) in [4.78, 5) is 39.4. The number of anilines is 1. The van der Waals surface area contributed by atoms with Crippen LogP contribution in [0.1, 0.15) is 34.5 Å². The van der Waals surface area contributed by atoms with Gasteiger partial charge in [0.2, 0.25) is 11.8 Å². The third-order valence-electron chi connectivity index (χ3n) is 5.47. The van der Waals surface area contributed by atoms with Crippen LogP contribution >= 0.6 is 0 Å². The van der Waals surface area contributed by atoms with Gasteiger partial charge in [-0.2, -0.15) is 0 Å². The van der Waals surface area contributed by atoms with E-state index in [0.717, 1.165) is 17.5 Å². The molecule has 32 heavy (non-hydrogen) atoms. The highest BCUT2D eigenvalue weighted by Gasteiger charge is 2.33. The minimum atomic E-state index is -0.451. The maximum atomic E-state index is 12.8. The molecular weight excluding hydrogens is 406 g/mol. The third kappa shape index (κ3) is 5.24. The van der Waals surface area contributed by atoms with Crippen LogP contribution < -0.4 is 10.6 Å². The third-order valence-corrected chi connectivity index (χ3v) is 5.47. The Kier molecular flexibility index (Phi) is 6.65. The zero-order valence-corrected chi connectivity index (χ0v) is 17.6. The molecule has 1 aliphatic heterocycles. The zero-order valence-electron chi connectivity index (χ0n) is 17.6. The van der Waals surface area contributed by atoms with E-state index in [0.29, 0.717) is 31.6 Å². The van der Waals surface area contributed by atoms with Gasteiger partial charge >= 0.3 is 0 Å². The van der Waals surface area contributed by atoms with Crippen LogP contribution in [0.2, 0.25) is 0 Å². The van der Waals surface area contributed by atoms with Gasteiger partial charge in [-0.3, -0.25) is 14.4 Å². The monoisotopic (exact) mass is 431 g/mol. The van der Waals surface area contributed by atoms with Crippen molar-refractivity contribution in [1.82, 2.24) is 10.2 Å². The molecule has 0 spiro atoms. The summed E-state index contributed by atoms with van der Waals surface area (Å²) in [5, 5.41) is 5.71. The van der Waals surface area contributed by atoms with Crippen molar-refractivity contribution >= 4 is 23.4 Å². The Morgan fingerprint density at radius 1 is 0.969 bits per heavy atom. The van der Waals surface area contributed by atoms with Crippen molar-refractivity contribution in [3.8, 4) is 0 Å². The molecule has 4 rings (SSSR count). The number of carbonyl (C=O) groups is 3. The van der Waals surface area contributed by atoms with Crippen LogP contribution in [0.5, 0.6) is 0 Å². The van der Waals surface area contributed by atoms with Gasteiger partial charge in [0, 0.05) is 18.8 Å².